The molecule has 2 atom stereocenters. The number of nitrogens with one attached hydrogen (secondary N) is 1. The van der Waals surface area contributed by atoms with E-state index in [4.69, 9.17) is 11.6 Å². The van der Waals surface area contributed by atoms with Crippen LogP contribution >= 0.6 is 11.6 Å². The first-order valence-corrected chi connectivity index (χ1v) is 4.63. The van der Waals surface area contributed by atoms with Gasteiger partial charge in [0.2, 0.25) is 0 Å². The fraction of sp³-hybridized carbons (Fsp3) is 0.400. The molecule has 0 bridgehead atoms. The Bertz CT molecular complexity index is 260. The van der Waals surface area contributed by atoms with Crippen LogP contribution in [0.5, 0.6) is 0 Å². The topological polar surface area (TPSA) is 32.3 Å². The second kappa shape index (κ2) is 4.61. The van der Waals surface area contributed by atoms with E-state index in [1.54, 1.807) is 12.1 Å². The molecule has 0 aliphatic rings. The summed E-state index contributed by atoms with van der Waals surface area (Å²) in [7, 11) is 1.82. The molecule has 0 aliphatic heterocycles. The van der Waals surface area contributed by atoms with Crippen LogP contribution < -0.4 is 5.32 Å². The Balaban J connectivity index is 2.77. The van der Waals surface area contributed by atoms with Gasteiger partial charge in [0.05, 0.1) is 6.10 Å². The molecule has 3 heteroatoms. The average molecular weight is 200 g/mol. The van der Waals surface area contributed by atoms with Gasteiger partial charge in [0.1, 0.15) is 0 Å². The standard InChI is InChI=1S/C10H14ClNO/c1-7(12-2)10(13)8-3-5-9(11)6-4-8/h3-7,10,12-13H,1-2H3/t7-,10+/m0/s1. The largest absolute Gasteiger partial charge is 0.387 e. The highest BCUT2D eigenvalue weighted by atomic mass is 35.5. The fourth-order valence-electron chi connectivity index (χ4n) is 1.11. The van der Waals surface area contributed by atoms with Crippen molar-refractivity contribution in [1.82, 2.24) is 5.32 Å². The van der Waals surface area contributed by atoms with E-state index in [1.165, 1.54) is 0 Å². The summed E-state index contributed by atoms with van der Waals surface area (Å²) >= 11 is 5.73. The number of hydrogen-bond acceptors (Lipinski definition) is 2. The van der Waals surface area contributed by atoms with Crippen LogP contribution in [0.3, 0.4) is 0 Å². The Kier molecular flexibility index (Phi) is 3.72. The molecule has 2 N–H and O–H groups in total. The molecule has 0 heterocycles. The van der Waals surface area contributed by atoms with Crippen LogP contribution in [0.2, 0.25) is 5.02 Å². The van der Waals surface area contributed by atoms with Crippen LogP contribution in [0, 0.1) is 0 Å². The zero-order valence-electron chi connectivity index (χ0n) is 7.79. The highest BCUT2D eigenvalue weighted by Gasteiger charge is 2.13. The lowest BCUT2D eigenvalue weighted by Crippen LogP contribution is -2.28. The van der Waals surface area contributed by atoms with E-state index in [0.29, 0.717) is 5.02 Å². The molecule has 2 nitrogen and oxygen atoms in total. The third-order valence-electron chi connectivity index (χ3n) is 2.14. The normalized spacial score (nSPS) is 15.4. The molecule has 0 radical (unpaired) electrons. The summed E-state index contributed by atoms with van der Waals surface area (Å²) in [6, 6.07) is 7.27. The molecule has 0 amide bonds. The van der Waals surface area contributed by atoms with E-state index < -0.39 is 6.10 Å². The van der Waals surface area contributed by atoms with E-state index in [2.05, 4.69) is 5.32 Å². The minimum atomic E-state index is -0.484. The van der Waals surface area contributed by atoms with Crippen LogP contribution in [-0.2, 0) is 0 Å². The molecule has 13 heavy (non-hydrogen) atoms. The van der Waals surface area contributed by atoms with Crippen molar-refractivity contribution in [3.63, 3.8) is 0 Å². The summed E-state index contributed by atoms with van der Waals surface area (Å²) in [5.74, 6) is 0. The minimum absolute atomic E-state index is 0.0428. The molecule has 0 unspecified atom stereocenters. The van der Waals surface area contributed by atoms with E-state index in [-0.39, 0.29) is 6.04 Å². The SMILES string of the molecule is CN[C@@H](C)[C@@H](O)c1ccc(Cl)cc1. The van der Waals surface area contributed by atoms with Gasteiger partial charge >= 0.3 is 0 Å². The highest BCUT2D eigenvalue weighted by molar-refractivity contribution is 6.30. The van der Waals surface area contributed by atoms with Gasteiger partial charge in [0.15, 0.2) is 0 Å². The van der Waals surface area contributed by atoms with Crippen molar-refractivity contribution in [2.24, 2.45) is 0 Å². The van der Waals surface area contributed by atoms with Crippen LogP contribution in [0.25, 0.3) is 0 Å². The van der Waals surface area contributed by atoms with E-state index in [0.717, 1.165) is 5.56 Å². The Morgan fingerprint density at radius 1 is 1.31 bits per heavy atom. The van der Waals surface area contributed by atoms with Crippen molar-refractivity contribution in [1.29, 1.82) is 0 Å². The summed E-state index contributed by atoms with van der Waals surface area (Å²) in [5, 5.41) is 13.5. The molecule has 1 aromatic carbocycles. The summed E-state index contributed by atoms with van der Waals surface area (Å²) in [4.78, 5) is 0. The van der Waals surface area contributed by atoms with Crippen molar-refractivity contribution in [2.45, 2.75) is 19.1 Å². The van der Waals surface area contributed by atoms with Crippen LogP contribution in [0.4, 0.5) is 0 Å². The van der Waals surface area contributed by atoms with E-state index in [9.17, 15) is 5.11 Å². The first-order chi connectivity index (χ1) is 6.15. The molecule has 1 rings (SSSR count). The van der Waals surface area contributed by atoms with Crippen molar-refractivity contribution in [3.8, 4) is 0 Å². The van der Waals surface area contributed by atoms with E-state index >= 15 is 0 Å². The quantitative estimate of drug-likeness (QED) is 0.781. The number of aliphatic hydroxyl groups is 1. The van der Waals surface area contributed by atoms with Gasteiger partial charge in [-0.3, -0.25) is 0 Å². The minimum Gasteiger partial charge on any atom is -0.387 e. The van der Waals surface area contributed by atoms with Crippen LogP contribution in [0.15, 0.2) is 24.3 Å². The van der Waals surface area contributed by atoms with Gasteiger partial charge in [-0.05, 0) is 31.7 Å². The van der Waals surface area contributed by atoms with Gasteiger partial charge < -0.3 is 10.4 Å². The van der Waals surface area contributed by atoms with Gasteiger partial charge in [0, 0.05) is 11.1 Å². The molecule has 0 saturated carbocycles. The molecule has 1 aromatic rings. The van der Waals surface area contributed by atoms with Gasteiger partial charge in [-0.2, -0.15) is 0 Å². The molecule has 0 aliphatic carbocycles. The maximum absolute atomic E-state index is 9.77. The summed E-state index contributed by atoms with van der Waals surface area (Å²) in [5.41, 5.74) is 0.881. The highest BCUT2D eigenvalue weighted by Crippen LogP contribution is 2.18. The molecule has 0 aromatic heterocycles. The predicted octanol–water partition coefficient (Wildman–Crippen LogP) is 1.98. The molecule has 0 saturated heterocycles. The maximum atomic E-state index is 9.77. The van der Waals surface area contributed by atoms with Crippen molar-refractivity contribution >= 4 is 11.6 Å². The van der Waals surface area contributed by atoms with Gasteiger partial charge in [-0.15, -0.1) is 0 Å². The zero-order chi connectivity index (χ0) is 9.84. The Hall–Kier alpha value is -0.570. The molecule has 72 valence electrons. The molecular weight excluding hydrogens is 186 g/mol. The Morgan fingerprint density at radius 2 is 1.85 bits per heavy atom. The second-order valence-corrected chi connectivity index (χ2v) is 3.51. The summed E-state index contributed by atoms with van der Waals surface area (Å²) in [6.07, 6.45) is -0.484. The maximum Gasteiger partial charge on any atom is 0.0940 e. The lowest BCUT2D eigenvalue weighted by Gasteiger charge is -2.18. The number of hydrogen-bond donors (Lipinski definition) is 2. The third-order valence-corrected chi connectivity index (χ3v) is 2.39. The molecule has 0 fully saturated rings. The third kappa shape index (κ3) is 2.69. The number of benzene rings is 1. The monoisotopic (exact) mass is 199 g/mol. The average Bonchev–Trinajstić information content (AvgIpc) is 2.17. The first kappa shape index (κ1) is 10.5. The Labute approximate surface area is 83.5 Å². The fourth-order valence-corrected chi connectivity index (χ4v) is 1.23. The Morgan fingerprint density at radius 3 is 2.31 bits per heavy atom. The van der Waals surface area contributed by atoms with Gasteiger partial charge in [0.25, 0.3) is 0 Å². The molecule has 0 spiro atoms. The second-order valence-electron chi connectivity index (χ2n) is 3.07. The van der Waals surface area contributed by atoms with Gasteiger partial charge in [-0.25, -0.2) is 0 Å². The summed E-state index contributed by atoms with van der Waals surface area (Å²) in [6.45, 7) is 1.93. The van der Waals surface area contributed by atoms with Gasteiger partial charge in [-0.1, -0.05) is 23.7 Å². The molecular formula is C10H14ClNO. The lowest BCUT2D eigenvalue weighted by atomic mass is 10.0. The number of halogens is 1. The number of likely N-dealkylation sites (N-methyl/N-ethyl adjacent to an activating group) is 1. The first-order valence-electron chi connectivity index (χ1n) is 4.26. The van der Waals surface area contributed by atoms with Crippen molar-refractivity contribution in [2.75, 3.05) is 7.05 Å². The smallest absolute Gasteiger partial charge is 0.0940 e. The van der Waals surface area contributed by atoms with E-state index in [1.807, 2.05) is 26.1 Å². The van der Waals surface area contributed by atoms with Crippen molar-refractivity contribution < 1.29 is 5.11 Å². The van der Waals surface area contributed by atoms with Crippen LogP contribution in [0.1, 0.15) is 18.6 Å². The predicted molar refractivity (Wildman–Crippen MR) is 54.9 cm³/mol. The lowest BCUT2D eigenvalue weighted by molar-refractivity contribution is 0.140. The van der Waals surface area contributed by atoms with Crippen LogP contribution in [-0.4, -0.2) is 18.2 Å². The summed E-state index contributed by atoms with van der Waals surface area (Å²) < 4.78 is 0. The zero-order valence-corrected chi connectivity index (χ0v) is 8.55. The number of rotatable bonds is 3. The number of aliphatic hydroxyl groups excluding tert-OH is 1. The van der Waals surface area contributed by atoms with Crippen molar-refractivity contribution in [3.05, 3.63) is 34.9 Å².